The molecule has 6 aromatic rings. The van der Waals surface area contributed by atoms with E-state index in [0.717, 1.165) is 16.7 Å². The lowest BCUT2D eigenvalue weighted by molar-refractivity contribution is 0.0731. The molecule has 230 valence electrons. The van der Waals surface area contributed by atoms with Crippen LogP contribution in [0.2, 0.25) is 0 Å². The number of ether oxygens (including phenoxy) is 1. The molecule has 10 nitrogen and oxygen atoms in total. The molecule has 0 aliphatic carbocycles. The minimum absolute atomic E-state index is 0.0335. The first-order valence-corrected chi connectivity index (χ1v) is 14.8. The van der Waals surface area contributed by atoms with Crippen molar-refractivity contribution in [2.24, 2.45) is 5.73 Å². The fraction of sp³-hybridized carbons (Fsp3) is 0.0526. The van der Waals surface area contributed by atoms with Crippen LogP contribution in [0.4, 0.5) is 0 Å². The van der Waals surface area contributed by atoms with Crippen LogP contribution in [0.1, 0.15) is 54.6 Å². The number of esters is 1. The second kappa shape index (κ2) is 13.9. The van der Waals surface area contributed by atoms with E-state index in [1.807, 2.05) is 18.2 Å². The van der Waals surface area contributed by atoms with Crippen molar-refractivity contribution in [2.75, 3.05) is 0 Å². The van der Waals surface area contributed by atoms with E-state index in [4.69, 9.17) is 21.0 Å². The molecule has 0 aliphatic heterocycles. The van der Waals surface area contributed by atoms with E-state index >= 15 is 0 Å². The molecule has 0 bridgehead atoms. The highest BCUT2D eigenvalue weighted by Crippen LogP contribution is 2.28. The van der Waals surface area contributed by atoms with E-state index in [1.165, 1.54) is 6.07 Å². The molecule has 2 heterocycles. The second-order valence-electron chi connectivity index (χ2n) is 10.7. The van der Waals surface area contributed by atoms with Gasteiger partial charge < -0.3 is 10.5 Å². The third kappa shape index (κ3) is 7.09. The molecule has 0 atom stereocenters. The van der Waals surface area contributed by atoms with Gasteiger partial charge in [-0.15, -0.1) is 0 Å². The number of carbonyl (C=O) groups is 2. The molecule has 1 amide bonds. The van der Waals surface area contributed by atoms with Crippen molar-refractivity contribution in [1.29, 1.82) is 10.5 Å². The van der Waals surface area contributed by atoms with Gasteiger partial charge in [0.1, 0.15) is 17.4 Å². The van der Waals surface area contributed by atoms with E-state index < -0.39 is 11.9 Å². The topological polar surface area (TPSA) is 169 Å². The molecule has 0 saturated carbocycles. The first-order valence-electron chi connectivity index (χ1n) is 14.8. The summed E-state index contributed by atoms with van der Waals surface area (Å²) in [6.07, 6.45) is 3.79. The summed E-state index contributed by atoms with van der Waals surface area (Å²) in [6, 6.07) is 33.7. The maximum Gasteiger partial charge on any atom is 0.343 e. The third-order valence-corrected chi connectivity index (χ3v) is 7.46. The Morgan fingerprint density at radius 3 is 1.81 bits per heavy atom. The Morgan fingerprint density at radius 1 is 0.688 bits per heavy atom. The predicted molar refractivity (Wildman–Crippen MR) is 176 cm³/mol. The Labute approximate surface area is 275 Å². The lowest BCUT2D eigenvalue weighted by Gasteiger charge is -2.14. The van der Waals surface area contributed by atoms with Gasteiger partial charge in [-0.25, -0.2) is 24.7 Å². The number of nitrogens with two attached hydrogens (primary N) is 1. The number of nitriles is 2. The second-order valence-corrected chi connectivity index (χ2v) is 10.7. The highest BCUT2D eigenvalue weighted by Gasteiger charge is 2.20. The summed E-state index contributed by atoms with van der Waals surface area (Å²) in [7, 11) is 0. The summed E-state index contributed by atoms with van der Waals surface area (Å²) >= 11 is 0. The zero-order valence-electron chi connectivity index (χ0n) is 25.4. The number of benzene rings is 4. The van der Waals surface area contributed by atoms with Crippen LogP contribution in [-0.2, 0) is 12.8 Å². The van der Waals surface area contributed by atoms with Crippen molar-refractivity contribution >= 4 is 11.9 Å². The van der Waals surface area contributed by atoms with Gasteiger partial charge in [-0.3, -0.25) is 4.79 Å². The minimum atomic E-state index is -0.750. The number of nitrogens with zero attached hydrogens (tertiary/aromatic N) is 6. The number of hydrogen-bond donors (Lipinski definition) is 1. The molecule has 4 aromatic carbocycles. The average Bonchev–Trinajstić information content (AvgIpc) is 3.12. The van der Waals surface area contributed by atoms with Gasteiger partial charge >= 0.3 is 5.97 Å². The number of aromatic nitrogens is 4. The van der Waals surface area contributed by atoms with Gasteiger partial charge in [0.15, 0.2) is 0 Å². The molecule has 0 unspecified atom stereocenters. The zero-order chi connectivity index (χ0) is 33.5. The molecular formula is C38H25N7O3. The predicted octanol–water partition coefficient (Wildman–Crippen LogP) is 5.84. The van der Waals surface area contributed by atoms with Crippen LogP contribution in [0, 0.1) is 22.7 Å². The monoisotopic (exact) mass is 627 g/mol. The molecular weight excluding hydrogens is 602 g/mol. The third-order valence-electron chi connectivity index (χ3n) is 7.46. The highest BCUT2D eigenvalue weighted by atomic mass is 16.5. The molecule has 6 rings (SSSR count). The van der Waals surface area contributed by atoms with Crippen molar-refractivity contribution in [3.8, 4) is 40.4 Å². The van der Waals surface area contributed by atoms with Crippen molar-refractivity contribution in [3.63, 3.8) is 0 Å². The number of para-hydroxylation sites is 1. The normalized spacial score (nSPS) is 10.5. The van der Waals surface area contributed by atoms with Crippen LogP contribution in [0.15, 0.2) is 116 Å². The zero-order valence-corrected chi connectivity index (χ0v) is 25.4. The van der Waals surface area contributed by atoms with E-state index in [-0.39, 0.29) is 23.3 Å². The van der Waals surface area contributed by atoms with Gasteiger partial charge in [-0.05, 0) is 60.2 Å². The lowest BCUT2D eigenvalue weighted by Crippen LogP contribution is -2.18. The van der Waals surface area contributed by atoms with Crippen molar-refractivity contribution in [3.05, 3.63) is 161 Å². The van der Waals surface area contributed by atoms with Gasteiger partial charge in [-0.2, -0.15) is 10.5 Å². The van der Waals surface area contributed by atoms with Crippen LogP contribution in [-0.4, -0.2) is 31.8 Å². The molecule has 0 saturated heterocycles. The Morgan fingerprint density at radius 2 is 1.25 bits per heavy atom. The summed E-state index contributed by atoms with van der Waals surface area (Å²) in [5.74, 6) is -0.412. The smallest absolute Gasteiger partial charge is 0.343 e. The van der Waals surface area contributed by atoms with Gasteiger partial charge in [0.2, 0.25) is 0 Å². The Balaban J connectivity index is 1.23. The highest BCUT2D eigenvalue weighted by molar-refractivity contribution is 5.98. The standard InChI is InChI=1S/C38H25N7O3/c39-22-24-7-11-27(12-8-24)32-15-17-42-34(44-32)20-26-3-1-5-30(19-26)38(47)48-36-29(4-2-6-31(36)37(41)46)21-35-43-18-16-33(45-35)28-13-9-25(23-40)10-14-28/h1-19H,20-21H2,(H2,41,46). The maximum absolute atomic E-state index is 13.5. The number of rotatable bonds is 9. The fourth-order valence-corrected chi connectivity index (χ4v) is 5.07. The van der Waals surface area contributed by atoms with Gasteiger partial charge in [-0.1, -0.05) is 48.5 Å². The van der Waals surface area contributed by atoms with Gasteiger partial charge in [0, 0.05) is 41.9 Å². The average molecular weight is 628 g/mol. The molecule has 2 N–H and O–H groups in total. The number of carbonyl (C=O) groups excluding carboxylic acids is 2. The van der Waals surface area contributed by atoms with Crippen molar-refractivity contribution < 1.29 is 14.3 Å². The van der Waals surface area contributed by atoms with Crippen LogP contribution < -0.4 is 10.5 Å². The Hall–Kier alpha value is -7.04. The summed E-state index contributed by atoms with van der Waals surface area (Å²) in [5, 5.41) is 18.2. The van der Waals surface area contributed by atoms with E-state index in [0.29, 0.717) is 46.1 Å². The quantitative estimate of drug-likeness (QED) is 0.153. The molecule has 0 fully saturated rings. The summed E-state index contributed by atoms with van der Waals surface area (Å²) in [4.78, 5) is 44.0. The molecule has 0 spiro atoms. The van der Waals surface area contributed by atoms with E-state index in [2.05, 4.69) is 32.1 Å². The molecule has 2 aromatic heterocycles. The molecule has 0 aliphatic rings. The van der Waals surface area contributed by atoms with Crippen LogP contribution in [0.25, 0.3) is 22.5 Å². The Bertz CT molecular complexity index is 2240. The van der Waals surface area contributed by atoms with E-state index in [1.54, 1.807) is 91.3 Å². The minimum Gasteiger partial charge on any atom is -0.422 e. The summed E-state index contributed by atoms with van der Waals surface area (Å²) < 4.78 is 5.86. The molecule has 48 heavy (non-hydrogen) atoms. The van der Waals surface area contributed by atoms with Gasteiger partial charge in [0.25, 0.3) is 5.91 Å². The number of amides is 1. The van der Waals surface area contributed by atoms with Crippen molar-refractivity contribution in [2.45, 2.75) is 12.8 Å². The van der Waals surface area contributed by atoms with Crippen molar-refractivity contribution in [1.82, 2.24) is 19.9 Å². The van der Waals surface area contributed by atoms with Crippen LogP contribution in [0.5, 0.6) is 5.75 Å². The molecule has 10 heteroatoms. The Kier molecular flexibility index (Phi) is 8.99. The maximum atomic E-state index is 13.5. The summed E-state index contributed by atoms with van der Waals surface area (Å²) in [5.41, 5.74) is 11.4. The first-order chi connectivity index (χ1) is 23.4. The SMILES string of the molecule is N#Cc1ccc(-c2ccnc(Cc3cccc(C(=O)Oc4c(Cc5nccc(-c6ccc(C#N)cc6)n5)cccc4C(N)=O)c3)n2)cc1. The van der Waals surface area contributed by atoms with Crippen LogP contribution >= 0.6 is 0 Å². The number of hydrogen-bond acceptors (Lipinski definition) is 9. The summed E-state index contributed by atoms with van der Waals surface area (Å²) in [6.45, 7) is 0. The number of primary amides is 1. The molecule has 0 radical (unpaired) electrons. The lowest BCUT2D eigenvalue weighted by atomic mass is 10.0. The van der Waals surface area contributed by atoms with Crippen LogP contribution in [0.3, 0.4) is 0 Å². The first kappa shape index (κ1) is 31.0. The van der Waals surface area contributed by atoms with E-state index in [9.17, 15) is 9.59 Å². The van der Waals surface area contributed by atoms with Gasteiger partial charge in [0.05, 0.1) is 45.8 Å². The fourth-order valence-electron chi connectivity index (χ4n) is 5.07. The largest absolute Gasteiger partial charge is 0.422 e.